The molecule has 0 amide bonds. The molecule has 0 saturated carbocycles. The van der Waals surface area contributed by atoms with Gasteiger partial charge in [-0.1, -0.05) is 0 Å². The molecule has 1 atom stereocenters. The largest absolute Gasteiger partial charge is 0.441 e. The van der Waals surface area contributed by atoms with Crippen LogP contribution in [0.3, 0.4) is 0 Å². The predicted molar refractivity (Wildman–Crippen MR) is 65.7 cm³/mol. The maximum Gasteiger partial charge on any atom is 0.441 e. The van der Waals surface area contributed by atoms with E-state index in [0.29, 0.717) is 13.0 Å². The fourth-order valence-corrected chi connectivity index (χ4v) is 2.80. The van der Waals surface area contributed by atoms with Gasteiger partial charge in [0.05, 0.1) is 19.1 Å². The van der Waals surface area contributed by atoms with E-state index < -0.39 is 8.53 Å². The van der Waals surface area contributed by atoms with E-state index in [0.717, 1.165) is 0 Å². The molecule has 0 aromatic heterocycles. The second-order valence-corrected chi connectivity index (χ2v) is 5.26. The van der Waals surface area contributed by atoms with Gasteiger partial charge in [-0.2, -0.15) is 5.26 Å². The number of nitrogens with zero attached hydrogens (tertiary/aromatic N) is 2. The second-order valence-electron chi connectivity index (χ2n) is 3.80. The molecule has 1 N–H and O–H groups in total. The van der Waals surface area contributed by atoms with Crippen molar-refractivity contribution >= 4 is 16.2 Å². The van der Waals surface area contributed by atoms with Gasteiger partial charge in [0.15, 0.2) is 0 Å². The molecule has 0 saturated heterocycles. The highest BCUT2D eigenvalue weighted by atomic mass is 31.2. The average molecular weight is 246 g/mol. The maximum absolute atomic E-state index is 8.83. The van der Waals surface area contributed by atoms with E-state index in [1.54, 1.807) is 0 Å². The Labute approximate surface area is 99.6 Å². The standard InChI is InChI=1S/C9H20BN2O3P/c1-8(2)12(9(3)4)16(15-10-13)14-7-5-6-11/h8-10,13H,5,7H2,1-4H3. The Balaban J connectivity index is 4.39. The molecule has 0 aliphatic heterocycles. The van der Waals surface area contributed by atoms with Crippen molar-refractivity contribution in [2.75, 3.05) is 6.61 Å². The lowest BCUT2D eigenvalue weighted by atomic mass is 10.3. The Morgan fingerprint density at radius 2 is 1.94 bits per heavy atom. The molecule has 0 aromatic carbocycles. The topological polar surface area (TPSA) is 65.7 Å². The summed E-state index contributed by atoms with van der Waals surface area (Å²) in [5.74, 6) is 0. The highest BCUT2D eigenvalue weighted by Crippen LogP contribution is 2.45. The minimum Gasteiger partial charge on any atom is -0.430 e. The van der Waals surface area contributed by atoms with Crippen molar-refractivity contribution in [3.8, 4) is 6.07 Å². The maximum atomic E-state index is 8.83. The summed E-state index contributed by atoms with van der Waals surface area (Å²) in [5.41, 5.74) is 0. The SMILES string of the molecule is CC(C)N(C(C)C)P(OBO)OCCC#N. The van der Waals surface area contributed by atoms with Crippen LogP contribution in [-0.2, 0) is 8.96 Å². The van der Waals surface area contributed by atoms with Crippen LogP contribution in [0.4, 0.5) is 0 Å². The molecule has 0 rings (SSSR count). The van der Waals surface area contributed by atoms with E-state index in [1.165, 1.54) is 0 Å². The summed E-state index contributed by atoms with van der Waals surface area (Å²) in [6.45, 7) is 8.51. The number of hydrogen-bond donors (Lipinski definition) is 1. The lowest BCUT2D eigenvalue weighted by Crippen LogP contribution is -2.34. The summed E-state index contributed by atoms with van der Waals surface area (Å²) in [4.78, 5) is 0. The van der Waals surface area contributed by atoms with Gasteiger partial charge in [-0.25, -0.2) is 4.67 Å². The fourth-order valence-electron chi connectivity index (χ4n) is 1.36. The Hall–Kier alpha value is -0.175. The lowest BCUT2D eigenvalue weighted by molar-refractivity contribution is 0.216. The molecule has 0 radical (unpaired) electrons. The molecule has 0 fully saturated rings. The first kappa shape index (κ1) is 15.8. The van der Waals surface area contributed by atoms with E-state index in [1.807, 2.05) is 33.8 Å². The lowest BCUT2D eigenvalue weighted by Gasteiger charge is -2.35. The van der Waals surface area contributed by atoms with Crippen LogP contribution in [0.5, 0.6) is 0 Å². The van der Waals surface area contributed by atoms with E-state index in [-0.39, 0.29) is 19.8 Å². The van der Waals surface area contributed by atoms with Crippen LogP contribution in [0.1, 0.15) is 34.1 Å². The summed E-state index contributed by atoms with van der Waals surface area (Å²) in [6, 6.07) is 2.54. The molecule has 0 heterocycles. The summed E-state index contributed by atoms with van der Waals surface area (Å²) < 4.78 is 12.7. The first-order chi connectivity index (χ1) is 7.54. The van der Waals surface area contributed by atoms with E-state index in [4.69, 9.17) is 19.3 Å². The van der Waals surface area contributed by atoms with Gasteiger partial charge < -0.3 is 14.0 Å². The van der Waals surface area contributed by atoms with Crippen molar-refractivity contribution in [1.29, 1.82) is 5.26 Å². The van der Waals surface area contributed by atoms with Crippen molar-refractivity contribution in [1.82, 2.24) is 4.67 Å². The summed E-state index contributed by atoms with van der Waals surface area (Å²) in [5, 5.41) is 17.3. The zero-order valence-electron chi connectivity index (χ0n) is 10.4. The highest BCUT2D eigenvalue weighted by Gasteiger charge is 2.26. The third-order valence-corrected chi connectivity index (χ3v) is 3.87. The van der Waals surface area contributed by atoms with Gasteiger partial charge in [-0.3, -0.25) is 0 Å². The average Bonchev–Trinajstić information content (AvgIpc) is 2.17. The van der Waals surface area contributed by atoms with Gasteiger partial charge in [0.25, 0.3) is 0 Å². The normalized spacial score (nSPS) is 13.2. The third kappa shape index (κ3) is 5.79. The van der Waals surface area contributed by atoms with Gasteiger partial charge in [0.1, 0.15) is 0 Å². The van der Waals surface area contributed by atoms with Crippen molar-refractivity contribution < 1.29 is 14.0 Å². The van der Waals surface area contributed by atoms with Crippen LogP contribution in [-0.4, -0.2) is 36.1 Å². The molecule has 92 valence electrons. The van der Waals surface area contributed by atoms with Gasteiger partial charge in [0.2, 0.25) is 8.53 Å². The minimum atomic E-state index is -1.28. The monoisotopic (exact) mass is 246 g/mol. The fraction of sp³-hybridized carbons (Fsp3) is 0.889. The van der Waals surface area contributed by atoms with E-state index >= 15 is 0 Å². The number of rotatable bonds is 8. The second kappa shape index (κ2) is 8.92. The zero-order valence-corrected chi connectivity index (χ0v) is 11.3. The Bertz CT molecular complexity index is 215. The molecule has 7 heteroatoms. The van der Waals surface area contributed by atoms with Crippen LogP contribution in [0.25, 0.3) is 0 Å². The third-order valence-electron chi connectivity index (χ3n) is 1.83. The number of nitriles is 1. The zero-order chi connectivity index (χ0) is 12.6. The van der Waals surface area contributed by atoms with Gasteiger partial charge in [-0.15, -0.1) is 0 Å². The molecule has 0 spiro atoms. The van der Waals surface area contributed by atoms with Crippen LogP contribution >= 0.6 is 8.53 Å². The number of hydrogen-bond acceptors (Lipinski definition) is 5. The smallest absolute Gasteiger partial charge is 0.430 e. The van der Waals surface area contributed by atoms with Gasteiger partial charge in [-0.05, 0) is 27.7 Å². The van der Waals surface area contributed by atoms with Crippen LogP contribution in [0.2, 0.25) is 0 Å². The quantitative estimate of drug-likeness (QED) is 0.399. The molecule has 16 heavy (non-hydrogen) atoms. The van der Waals surface area contributed by atoms with Crippen molar-refractivity contribution in [3.63, 3.8) is 0 Å². The van der Waals surface area contributed by atoms with Crippen LogP contribution < -0.4 is 0 Å². The predicted octanol–water partition coefficient (Wildman–Crippen LogP) is 1.54. The summed E-state index contributed by atoms with van der Waals surface area (Å²) in [7, 11) is -1.65. The molecule has 0 aliphatic rings. The van der Waals surface area contributed by atoms with Crippen molar-refractivity contribution in [3.05, 3.63) is 0 Å². The molecule has 0 aromatic rings. The van der Waals surface area contributed by atoms with Crippen LogP contribution in [0, 0.1) is 11.3 Å². The summed E-state index contributed by atoms with van der Waals surface area (Å²) in [6.07, 6.45) is 0.331. The molecule has 0 bridgehead atoms. The molecule has 0 aliphatic carbocycles. The van der Waals surface area contributed by atoms with E-state index in [9.17, 15) is 0 Å². The summed E-state index contributed by atoms with van der Waals surface area (Å²) >= 11 is 0. The van der Waals surface area contributed by atoms with Gasteiger partial charge >= 0.3 is 7.69 Å². The van der Waals surface area contributed by atoms with E-state index in [2.05, 4.69) is 4.67 Å². The molecule has 1 unspecified atom stereocenters. The minimum absolute atomic E-state index is 0.264. The molecular formula is C9H20BN2O3P. The Morgan fingerprint density at radius 1 is 1.38 bits per heavy atom. The Morgan fingerprint density at radius 3 is 2.31 bits per heavy atom. The first-order valence-corrected chi connectivity index (χ1v) is 6.49. The highest BCUT2D eigenvalue weighted by molar-refractivity contribution is 7.45. The first-order valence-electron chi connectivity index (χ1n) is 5.36. The molecule has 5 nitrogen and oxygen atoms in total. The Kier molecular flexibility index (Phi) is 8.82. The van der Waals surface area contributed by atoms with Crippen molar-refractivity contribution in [2.24, 2.45) is 0 Å². The molecular weight excluding hydrogens is 226 g/mol. The van der Waals surface area contributed by atoms with Crippen molar-refractivity contribution in [2.45, 2.75) is 46.2 Å². The van der Waals surface area contributed by atoms with Gasteiger partial charge in [0, 0.05) is 12.1 Å². The van der Waals surface area contributed by atoms with Crippen LogP contribution in [0.15, 0.2) is 0 Å².